The van der Waals surface area contributed by atoms with Crippen LogP contribution in [0.5, 0.6) is 0 Å². The zero-order chi connectivity index (χ0) is 16.7. The molecule has 0 aliphatic heterocycles. The summed E-state index contributed by atoms with van der Waals surface area (Å²) in [5, 5.41) is 4.39. The second-order valence-electron chi connectivity index (χ2n) is 5.33. The normalized spacial score (nSPS) is 11.2. The van der Waals surface area contributed by atoms with Crippen molar-refractivity contribution in [1.29, 1.82) is 0 Å². The van der Waals surface area contributed by atoms with Crippen LogP contribution in [-0.2, 0) is 11.8 Å². The van der Waals surface area contributed by atoms with Gasteiger partial charge in [-0.2, -0.15) is 5.10 Å². The number of aryl methyl sites for hydroxylation is 1. The minimum atomic E-state index is -0.457. The molecule has 0 saturated carbocycles. The average molecular weight is 321 g/mol. The quantitative estimate of drug-likeness (QED) is 0.542. The Balaban J connectivity index is 2.05. The number of carbonyl (C=O) groups excluding carboxylic acids is 1. The van der Waals surface area contributed by atoms with Gasteiger partial charge in [-0.15, -0.1) is 0 Å². The fourth-order valence-electron chi connectivity index (χ4n) is 2.82. The summed E-state index contributed by atoms with van der Waals surface area (Å²) in [6.07, 6.45) is 5.24. The van der Waals surface area contributed by atoms with Crippen LogP contribution in [0.3, 0.4) is 0 Å². The Morgan fingerprint density at radius 1 is 1.25 bits per heavy atom. The SMILES string of the molecule is CCOC(=O)c1nn2ccccc2c1-c1nc2ccncc2n1C. The molecule has 4 rings (SSSR count). The molecule has 4 aromatic rings. The maximum atomic E-state index is 12.4. The highest BCUT2D eigenvalue weighted by Crippen LogP contribution is 2.30. The van der Waals surface area contributed by atoms with E-state index in [9.17, 15) is 4.79 Å². The average Bonchev–Trinajstić information content (AvgIpc) is 3.13. The molecule has 7 nitrogen and oxygen atoms in total. The predicted octanol–water partition coefficient (Wildman–Crippen LogP) is 2.46. The first kappa shape index (κ1) is 14.4. The number of carbonyl (C=O) groups is 1. The Morgan fingerprint density at radius 3 is 2.92 bits per heavy atom. The molecule has 0 amide bonds. The third-order valence-corrected chi connectivity index (χ3v) is 3.92. The van der Waals surface area contributed by atoms with E-state index in [-0.39, 0.29) is 5.69 Å². The molecular weight excluding hydrogens is 306 g/mol. The van der Waals surface area contributed by atoms with Crippen molar-refractivity contribution < 1.29 is 9.53 Å². The molecule has 0 radical (unpaired) electrons. The molecule has 24 heavy (non-hydrogen) atoms. The maximum absolute atomic E-state index is 12.4. The van der Waals surface area contributed by atoms with E-state index < -0.39 is 5.97 Å². The summed E-state index contributed by atoms with van der Waals surface area (Å²) in [6, 6.07) is 7.51. The topological polar surface area (TPSA) is 74.3 Å². The van der Waals surface area contributed by atoms with Gasteiger partial charge in [-0.05, 0) is 25.1 Å². The van der Waals surface area contributed by atoms with Gasteiger partial charge in [0, 0.05) is 19.4 Å². The van der Waals surface area contributed by atoms with Crippen LogP contribution in [-0.4, -0.2) is 36.7 Å². The van der Waals surface area contributed by atoms with E-state index in [2.05, 4.69) is 15.1 Å². The van der Waals surface area contributed by atoms with Gasteiger partial charge in [0.15, 0.2) is 5.69 Å². The van der Waals surface area contributed by atoms with Crippen molar-refractivity contribution in [3.8, 4) is 11.4 Å². The second-order valence-corrected chi connectivity index (χ2v) is 5.33. The van der Waals surface area contributed by atoms with E-state index in [1.54, 1.807) is 30.0 Å². The van der Waals surface area contributed by atoms with Gasteiger partial charge >= 0.3 is 5.97 Å². The molecule has 0 fully saturated rings. The van der Waals surface area contributed by atoms with E-state index in [0.29, 0.717) is 18.0 Å². The van der Waals surface area contributed by atoms with E-state index in [0.717, 1.165) is 16.6 Å². The Kier molecular flexibility index (Phi) is 3.26. The van der Waals surface area contributed by atoms with Gasteiger partial charge in [0.25, 0.3) is 0 Å². The lowest BCUT2D eigenvalue weighted by molar-refractivity contribution is 0.0520. The van der Waals surface area contributed by atoms with Crippen LogP contribution >= 0.6 is 0 Å². The molecule has 4 aromatic heterocycles. The number of aromatic nitrogens is 5. The van der Waals surface area contributed by atoms with Gasteiger partial charge in [-0.25, -0.2) is 14.3 Å². The Labute approximate surface area is 137 Å². The van der Waals surface area contributed by atoms with Gasteiger partial charge in [0.05, 0.1) is 34.9 Å². The molecule has 0 aliphatic carbocycles. The van der Waals surface area contributed by atoms with Crippen molar-refractivity contribution in [3.05, 3.63) is 48.5 Å². The van der Waals surface area contributed by atoms with Crippen LogP contribution in [0.4, 0.5) is 0 Å². The Hall–Kier alpha value is -3.22. The first-order valence-corrected chi connectivity index (χ1v) is 7.62. The summed E-state index contributed by atoms with van der Waals surface area (Å²) in [5.74, 6) is 0.198. The largest absolute Gasteiger partial charge is 0.461 e. The lowest BCUT2D eigenvalue weighted by Gasteiger charge is -2.04. The van der Waals surface area contributed by atoms with Gasteiger partial charge in [0.1, 0.15) is 5.82 Å². The number of nitrogens with zero attached hydrogens (tertiary/aromatic N) is 5. The van der Waals surface area contributed by atoms with Crippen molar-refractivity contribution in [3.63, 3.8) is 0 Å². The minimum absolute atomic E-state index is 0.259. The molecule has 7 heteroatoms. The first-order chi connectivity index (χ1) is 11.7. The zero-order valence-corrected chi connectivity index (χ0v) is 13.3. The molecule has 0 aromatic carbocycles. The highest BCUT2D eigenvalue weighted by atomic mass is 16.5. The highest BCUT2D eigenvalue weighted by molar-refractivity contribution is 6.00. The molecule has 0 spiro atoms. The van der Waals surface area contributed by atoms with Gasteiger partial charge in [0.2, 0.25) is 0 Å². The van der Waals surface area contributed by atoms with E-state index >= 15 is 0 Å². The summed E-state index contributed by atoms with van der Waals surface area (Å²) >= 11 is 0. The summed E-state index contributed by atoms with van der Waals surface area (Å²) in [4.78, 5) is 21.2. The zero-order valence-electron chi connectivity index (χ0n) is 13.3. The first-order valence-electron chi connectivity index (χ1n) is 7.62. The summed E-state index contributed by atoms with van der Waals surface area (Å²) < 4.78 is 8.75. The molecule has 0 aliphatic rings. The molecule has 0 saturated heterocycles. The second kappa shape index (κ2) is 5.45. The van der Waals surface area contributed by atoms with Crippen molar-refractivity contribution in [2.24, 2.45) is 7.05 Å². The molecular formula is C17H15N5O2. The van der Waals surface area contributed by atoms with Crippen LogP contribution in [0.25, 0.3) is 27.9 Å². The van der Waals surface area contributed by atoms with Crippen LogP contribution in [0.1, 0.15) is 17.4 Å². The number of hydrogen-bond donors (Lipinski definition) is 0. The number of imidazole rings is 1. The van der Waals surface area contributed by atoms with Crippen molar-refractivity contribution in [1.82, 2.24) is 24.1 Å². The smallest absolute Gasteiger partial charge is 0.359 e. The number of ether oxygens (including phenoxy) is 1. The standard InChI is InChI=1S/C17H15N5O2/c1-3-24-17(23)15-14(12-6-4-5-9-22(12)20-15)16-19-11-7-8-18-10-13(11)21(16)2/h4-10H,3H2,1-2H3. The Bertz CT molecular complexity index is 1060. The molecule has 0 unspecified atom stereocenters. The van der Waals surface area contributed by atoms with Gasteiger partial charge in [-0.3, -0.25) is 4.98 Å². The number of pyridine rings is 2. The lowest BCUT2D eigenvalue weighted by Crippen LogP contribution is -2.08. The summed E-state index contributed by atoms with van der Waals surface area (Å²) in [5.41, 5.74) is 3.42. The van der Waals surface area contributed by atoms with Crippen LogP contribution in [0, 0.1) is 0 Å². The highest BCUT2D eigenvalue weighted by Gasteiger charge is 2.25. The number of rotatable bonds is 3. The Morgan fingerprint density at radius 2 is 2.12 bits per heavy atom. The van der Waals surface area contributed by atoms with Crippen LogP contribution in [0.15, 0.2) is 42.9 Å². The molecule has 0 bridgehead atoms. The maximum Gasteiger partial charge on any atom is 0.359 e. The van der Waals surface area contributed by atoms with Gasteiger partial charge < -0.3 is 9.30 Å². The number of hydrogen-bond acceptors (Lipinski definition) is 5. The lowest BCUT2D eigenvalue weighted by atomic mass is 10.2. The van der Waals surface area contributed by atoms with Gasteiger partial charge in [-0.1, -0.05) is 6.07 Å². The molecule has 0 N–H and O–H groups in total. The predicted molar refractivity (Wildman–Crippen MR) is 88.7 cm³/mol. The fourth-order valence-corrected chi connectivity index (χ4v) is 2.82. The third-order valence-electron chi connectivity index (χ3n) is 3.92. The van der Waals surface area contributed by atoms with Crippen molar-refractivity contribution >= 4 is 22.5 Å². The summed E-state index contributed by atoms with van der Waals surface area (Å²) in [6.45, 7) is 2.06. The van der Waals surface area contributed by atoms with Crippen molar-refractivity contribution in [2.75, 3.05) is 6.61 Å². The van der Waals surface area contributed by atoms with Crippen molar-refractivity contribution in [2.45, 2.75) is 6.92 Å². The van der Waals surface area contributed by atoms with E-state index in [4.69, 9.17) is 4.74 Å². The van der Waals surface area contributed by atoms with E-state index in [1.807, 2.05) is 35.9 Å². The van der Waals surface area contributed by atoms with Crippen LogP contribution < -0.4 is 0 Å². The molecule has 120 valence electrons. The summed E-state index contributed by atoms with van der Waals surface area (Å²) in [7, 11) is 1.90. The van der Waals surface area contributed by atoms with E-state index in [1.165, 1.54) is 0 Å². The minimum Gasteiger partial charge on any atom is -0.461 e. The number of fused-ring (bicyclic) bond motifs is 2. The monoisotopic (exact) mass is 321 g/mol. The molecule has 4 heterocycles. The van der Waals surface area contributed by atoms with Crippen LogP contribution in [0.2, 0.25) is 0 Å². The molecule has 0 atom stereocenters. The number of esters is 1. The third kappa shape index (κ3) is 2.05. The fraction of sp³-hybridized carbons (Fsp3) is 0.176.